The Labute approximate surface area is 114 Å². The van der Waals surface area contributed by atoms with E-state index in [1.807, 2.05) is 37.3 Å². The highest BCUT2D eigenvalue weighted by Crippen LogP contribution is 2.19. The number of carbonyl (C=O) groups excluding carboxylic acids is 1. The molecule has 0 amide bonds. The average Bonchev–Trinajstić information content (AvgIpc) is 2.47. The third kappa shape index (κ3) is 3.85. The van der Waals surface area contributed by atoms with Crippen LogP contribution in [-0.4, -0.2) is 19.1 Å². The van der Waals surface area contributed by atoms with Crippen LogP contribution < -0.4 is 5.32 Å². The van der Waals surface area contributed by atoms with Crippen molar-refractivity contribution in [3.8, 4) is 0 Å². The molecule has 2 rings (SSSR count). The Kier molecular flexibility index (Phi) is 5.01. The minimum atomic E-state index is -0.184. The minimum Gasteiger partial charge on any atom is -0.463 e. The van der Waals surface area contributed by atoms with Crippen molar-refractivity contribution in [1.29, 1.82) is 0 Å². The van der Waals surface area contributed by atoms with Gasteiger partial charge in [-0.15, -0.1) is 0 Å². The number of carbonyl (C=O) groups is 1. The van der Waals surface area contributed by atoms with Gasteiger partial charge in [-0.25, -0.2) is 4.79 Å². The monoisotopic (exact) mass is 259 g/mol. The summed E-state index contributed by atoms with van der Waals surface area (Å²) in [5.74, 6) is -0.184. The van der Waals surface area contributed by atoms with Crippen molar-refractivity contribution < 1.29 is 9.53 Å². The Bertz CT molecular complexity index is 443. The molecule has 1 N–H and O–H groups in total. The van der Waals surface area contributed by atoms with Crippen molar-refractivity contribution in [3.63, 3.8) is 0 Å². The molecule has 3 nitrogen and oxygen atoms in total. The van der Waals surface area contributed by atoms with Gasteiger partial charge in [-0.1, -0.05) is 30.3 Å². The Balaban J connectivity index is 2.21. The zero-order valence-electron chi connectivity index (χ0n) is 11.4. The second-order valence-corrected chi connectivity index (χ2v) is 4.72. The molecule has 1 saturated heterocycles. The summed E-state index contributed by atoms with van der Waals surface area (Å²) < 4.78 is 5.19. The first-order valence-electron chi connectivity index (χ1n) is 6.98. The van der Waals surface area contributed by atoms with E-state index >= 15 is 0 Å². The molecule has 1 aliphatic rings. The molecule has 0 spiro atoms. The van der Waals surface area contributed by atoms with Crippen molar-refractivity contribution in [2.45, 2.75) is 32.6 Å². The van der Waals surface area contributed by atoms with Crippen LogP contribution in [-0.2, 0) is 16.0 Å². The van der Waals surface area contributed by atoms with Crippen LogP contribution in [0.5, 0.6) is 0 Å². The SMILES string of the molecule is CCOC(=O)/C(Cc1ccccc1)=C1/CCCCN1. The van der Waals surface area contributed by atoms with E-state index in [2.05, 4.69) is 5.32 Å². The van der Waals surface area contributed by atoms with Crippen LogP contribution in [0.25, 0.3) is 0 Å². The number of benzene rings is 1. The lowest BCUT2D eigenvalue weighted by atomic mass is 9.98. The smallest absolute Gasteiger partial charge is 0.336 e. The van der Waals surface area contributed by atoms with Gasteiger partial charge < -0.3 is 10.1 Å². The van der Waals surface area contributed by atoms with E-state index in [1.54, 1.807) is 0 Å². The molecular formula is C16H21NO2. The molecule has 0 saturated carbocycles. The number of rotatable bonds is 4. The van der Waals surface area contributed by atoms with Crippen molar-refractivity contribution in [2.24, 2.45) is 0 Å². The van der Waals surface area contributed by atoms with Crippen LogP contribution in [0.2, 0.25) is 0 Å². The molecule has 0 bridgehead atoms. The molecule has 1 aliphatic heterocycles. The van der Waals surface area contributed by atoms with Gasteiger partial charge in [-0.3, -0.25) is 0 Å². The van der Waals surface area contributed by atoms with Gasteiger partial charge in [-0.05, 0) is 31.7 Å². The van der Waals surface area contributed by atoms with Gasteiger partial charge in [0.25, 0.3) is 0 Å². The molecule has 0 radical (unpaired) electrons. The van der Waals surface area contributed by atoms with E-state index in [4.69, 9.17) is 4.74 Å². The molecule has 1 aromatic carbocycles. The van der Waals surface area contributed by atoms with Gasteiger partial charge in [0.05, 0.1) is 12.2 Å². The molecule has 3 heteroatoms. The Morgan fingerprint density at radius 1 is 1.26 bits per heavy atom. The summed E-state index contributed by atoms with van der Waals surface area (Å²) in [7, 11) is 0. The summed E-state index contributed by atoms with van der Waals surface area (Å²) in [6, 6.07) is 10.1. The van der Waals surface area contributed by atoms with E-state index in [0.717, 1.165) is 36.2 Å². The number of allylic oxidation sites excluding steroid dienone is 1. The number of hydrogen-bond acceptors (Lipinski definition) is 3. The third-order valence-electron chi connectivity index (χ3n) is 3.30. The highest BCUT2D eigenvalue weighted by atomic mass is 16.5. The molecule has 1 aromatic rings. The standard InChI is InChI=1S/C16H21NO2/c1-2-19-16(18)14(15-10-6-7-11-17-15)12-13-8-4-3-5-9-13/h3-5,8-9,17H,2,6-7,10-12H2,1H3/b15-14-. The normalized spacial score (nSPS) is 17.5. The van der Waals surface area contributed by atoms with E-state index in [1.165, 1.54) is 6.42 Å². The lowest BCUT2D eigenvalue weighted by Gasteiger charge is -2.20. The molecule has 0 unspecified atom stereocenters. The van der Waals surface area contributed by atoms with Crippen LogP contribution in [0.1, 0.15) is 31.7 Å². The van der Waals surface area contributed by atoms with Gasteiger partial charge in [-0.2, -0.15) is 0 Å². The van der Waals surface area contributed by atoms with Gasteiger partial charge in [0.15, 0.2) is 0 Å². The number of esters is 1. The zero-order chi connectivity index (χ0) is 13.5. The Morgan fingerprint density at radius 2 is 2.05 bits per heavy atom. The van der Waals surface area contributed by atoms with Crippen LogP contribution in [0.15, 0.2) is 41.6 Å². The fourth-order valence-electron chi connectivity index (χ4n) is 2.33. The van der Waals surface area contributed by atoms with Gasteiger partial charge >= 0.3 is 5.97 Å². The summed E-state index contributed by atoms with van der Waals surface area (Å²) in [6.45, 7) is 3.22. The van der Waals surface area contributed by atoms with Gasteiger partial charge in [0.1, 0.15) is 0 Å². The number of nitrogens with one attached hydrogen (secondary N) is 1. The zero-order valence-corrected chi connectivity index (χ0v) is 11.4. The first kappa shape index (κ1) is 13.7. The highest BCUT2D eigenvalue weighted by molar-refractivity contribution is 5.89. The summed E-state index contributed by atoms with van der Waals surface area (Å²) in [5.41, 5.74) is 2.99. The summed E-state index contributed by atoms with van der Waals surface area (Å²) in [6.07, 6.45) is 3.90. The maximum Gasteiger partial charge on any atom is 0.336 e. The molecular weight excluding hydrogens is 238 g/mol. The van der Waals surface area contributed by atoms with Crippen LogP contribution in [0.3, 0.4) is 0 Å². The van der Waals surface area contributed by atoms with E-state index < -0.39 is 0 Å². The Morgan fingerprint density at radius 3 is 2.68 bits per heavy atom. The van der Waals surface area contributed by atoms with Crippen molar-refractivity contribution in [2.75, 3.05) is 13.2 Å². The number of piperidine rings is 1. The largest absolute Gasteiger partial charge is 0.463 e. The van der Waals surface area contributed by atoms with Crippen LogP contribution in [0, 0.1) is 0 Å². The lowest BCUT2D eigenvalue weighted by molar-refractivity contribution is -0.138. The molecule has 0 atom stereocenters. The molecule has 1 heterocycles. The second kappa shape index (κ2) is 6.98. The maximum absolute atomic E-state index is 12.1. The molecule has 102 valence electrons. The third-order valence-corrected chi connectivity index (χ3v) is 3.30. The summed E-state index contributed by atoms with van der Waals surface area (Å²) >= 11 is 0. The minimum absolute atomic E-state index is 0.184. The molecule has 0 aliphatic carbocycles. The number of ether oxygens (including phenoxy) is 1. The predicted molar refractivity (Wildman–Crippen MR) is 75.7 cm³/mol. The van der Waals surface area contributed by atoms with Gasteiger partial charge in [0, 0.05) is 18.7 Å². The first-order valence-corrected chi connectivity index (χ1v) is 6.98. The van der Waals surface area contributed by atoms with Gasteiger partial charge in [0.2, 0.25) is 0 Å². The van der Waals surface area contributed by atoms with Crippen molar-refractivity contribution >= 4 is 5.97 Å². The molecule has 1 fully saturated rings. The molecule has 19 heavy (non-hydrogen) atoms. The second-order valence-electron chi connectivity index (χ2n) is 4.72. The highest BCUT2D eigenvalue weighted by Gasteiger charge is 2.18. The average molecular weight is 259 g/mol. The van der Waals surface area contributed by atoms with E-state index in [-0.39, 0.29) is 5.97 Å². The predicted octanol–water partition coefficient (Wildman–Crippen LogP) is 2.82. The van der Waals surface area contributed by atoms with Crippen LogP contribution >= 0.6 is 0 Å². The maximum atomic E-state index is 12.1. The summed E-state index contributed by atoms with van der Waals surface area (Å²) in [4.78, 5) is 12.1. The van der Waals surface area contributed by atoms with Crippen molar-refractivity contribution in [1.82, 2.24) is 5.32 Å². The molecule has 0 aromatic heterocycles. The van der Waals surface area contributed by atoms with E-state index in [9.17, 15) is 4.79 Å². The Hall–Kier alpha value is -1.77. The van der Waals surface area contributed by atoms with Crippen molar-refractivity contribution in [3.05, 3.63) is 47.2 Å². The lowest BCUT2D eigenvalue weighted by Crippen LogP contribution is -2.25. The fraction of sp³-hybridized carbons (Fsp3) is 0.438. The quantitative estimate of drug-likeness (QED) is 0.667. The fourth-order valence-corrected chi connectivity index (χ4v) is 2.33. The topological polar surface area (TPSA) is 38.3 Å². The summed E-state index contributed by atoms with van der Waals surface area (Å²) in [5, 5.41) is 3.36. The van der Waals surface area contributed by atoms with Crippen LogP contribution in [0.4, 0.5) is 0 Å². The first-order chi connectivity index (χ1) is 9.31. The number of hydrogen-bond donors (Lipinski definition) is 1. The van der Waals surface area contributed by atoms with E-state index in [0.29, 0.717) is 13.0 Å².